The molecule has 0 bridgehead atoms. The van der Waals surface area contributed by atoms with E-state index >= 15 is 0 Å². The SMILES string of the molecule is C[C@H](CNC(=O)CC(O)(C(F)(F)F)C(F)(F)F)C1CCC2C(=CC=C3CC(O)CC(O)C3)CCC[C@@]21C. The molecular weight excluding hydrogens is 504 g/mol. The van der Waals surface area contributed by atoms with E-state index in [9.17, 15) is 46.5 Å². The minimum atomic E-state index is -6.03. The summed E-state index contributed by atoms with van der Waals surface area (Å²) < 4.78 is 77.5. The molecule has 4 unspecified atom stereocenters. The van der Waals surface area contributed by atoms with Crippen LogP contribution in [0.4, 0.5) is 26.3 Å². The Kier molecular flexibility index (Phi) is 8.81. The average molecular weight is 542 g/mol. The Labute approximate surface area is 213 Å². The van der Waals surface area contributed by atoms with Gasteiger partial charge in [0.1, 0.15) is 0 Å². The lowest BCUT2D eigenvalue weighted by atomic mass is 9.61. The minimum absolute atomic E-state index is 0.0868. The fourth-order valence-electron chi connectivity index (χ4n) is 6.82. The highest BCUT2D eigenvalue weighted by Gasteiger charge is 2.71. The number of amides is 1. The molecule has 0 aromatic carbocycles. The second-order valence-electron chi connectivity index (χ2n) is 11.4. The van der Waals surface area contributed by atoms with Crippen molar-refractivity contribution in [2.45, 2.75) is 102 Å². The highest BCUT2D eigenvalue weighted by Crippen LogP contribution is 2.59. The van der Waals surface area contributed by atoms with Gasteiger partial charge in [-0.25, -0.2) is 0 Å². The third-order valence-corrected chi connectivity index (χ3v) is 8.77. The van der Waals surface area contributed by atoms with Crippen LogP contribution in [0.3, 0.4) is 0 Å². The van der Waals surface area contributed by atoms with E-state index in [-0.39, 0.29) is 29.7 Å². The molecule has 4 N–H and O–H groups in total. The number of rotatable bonds is 6. The highest BCUT2D eigenvalue weighted by molar-refractivity contribution is 5.77. The lowest BCUT2D eigenvalue weighted by molar-refractivity contribution is -0.367. The van der Waals surface area contributed by atoms with Crippen molar-refractivity contribution >= 4 is 5.91 Å². The van der Waals surface area contributed by atoms with Crippen LogP contribution in [0, 0.1) is 23.2 Å². The number of aliphatic hydroxyl groups is 3. The average Bonchev–Trinajstić information content (AvgIpc) is 3.11. The molecular formula is C26H37F6NO4. The number of alkyl halides is 6. The second-order valence-corrected chi connectivity index (χ2v) is 11.4. The zero-order valence-electron chi connectivity index (χ0n) is 21.1. The molecule has 0 spiro atoms. The first kappa shape index (κ1) is 30.0. The first-order valence-corrected chi connectivity index (χ1v) is 12.8. The fraction of sp³-hybridized carbons (Fsp3) is 0.808. The van der Waals surface area contributed by atoms with Gasteiger partial charge in [-0.15, -0.1) is 0 Å². The Morgan fingerprint density at radius 3 is 2.24 bits per heavy atom. The molecule has 0 aromatic rings. The summed E-state index contributed by atoms with van der Waals surface area (Å²) >= 11 is 0. The lowest BCUT2D eigenvalue weighted by Gasteiger charge is -2.44. The summed E-state index contributed by atoms with van der Waals surface area (Å²) in [4.78, 5) is 12.0. The molecule has 3 aliphatic rings. The van der Waals surface area contributed by atoms with Gasteiger partial charge in [-0.1, -0.05) is 37.1 Å². The van der Waals surface area contributed by atoms with Crippen molar-refractivity contribution in [2.75, 3.05) is 6.54 Å². The van der Waals surface area contributed by atoms with Crippen molar-refractivity contribution in [1.82, 2.24) is 5.32 Å². The number of carbonyl (C=O) groups is 1. The third kappa shape index (κ3) is 6.36. The van der Waals surface area contributed by atoms with Gasteiger partial charge in [0.25, 0.3) is 5.60 Å². The maximum Gasteiger partial charge on any atom is 0.426 e. The van der Waals surface area contributed by atoms with Crippen LogP contribution in [0.1, 0.15) is 71.6 Å². The lowest BCUT2D eigenvalue weighted by Crippen LogP contribution is -2.59. The van der Waals surface area contributed by atoms with Crippen molar-refractivity contribution in [2.24, 2.45) is 23.2 Å². The van der Waals surface area contributed by atoms with Crippen LogP contribution < -0.4 is 5.32 Å². The molecule has 0 radical (unpaired) electrons. The van der Waals surface area contributed by atoms with Crippen molar-refractivity contribution in [3.8, 4) is 0 Å². The van der Waals surface area contributed by atoms with Gasteiger partial charge in [-0.3, -0.25) is 4.79 Å². The maximum absolute atomic E-state index is 12.9. The van der Waals surface area contributed by atoms with Crippen molar-refractivity contribution in [1.29, 1.82) is 0 Å². The second kappa shape index (κ2) is 10.9. The Bertz CT molecular complexity index is 872. The zero-order valence-corrected chi connectivity index (χ0v) is 21.1. The van der Waals surface area contributed by atoms with E-state index in [1.54, 1.807) is 0 Å². The van der Waals surface area contributed by atoms with Gasteiger partial charge in [0.2, 0.25) is 5.91 Å². The number of hydrogen-bond acceptors (Lipinski definition) is 4. The number of aliphatic hydroxyl groups excluding tert-OH is 2. The van der Waals surface area contributed by atoms with Crippen LogP contribution in [0.15, 0.2) is 23.3 Å². The summed E-state index contributed by atoms with van der Waals surface area (Å²) in [6.45, 7) is 3.91. The van der Waals surface area contributed by atoms with Gasteiger partial charge >= 0.3 is 12.4 Å². The smallest absolute Gasteiger partial charge is 0.393 e. The molecule has 0 aromatic heterocycles. The van der Waals surface area contributed by atoms with Crippen LogP contribution in [-0.4, -0.2) is 57.9 Å². The molecule has 0 aliphatic heterocycles. The van der Waals surface area contributed by atoms with E-state index in [2.05, 4.69) is 18.3 Å². The van der Waals surface area contributed by atoms with Gasteiger partial charge in [0.15, 0.2) is 0 Å². The molecule has 3 saturated carbocycles. The van der Waals surface area contributed by atoms with E-state index in [0.29, 0.717) is 19.3 Å². The molecule has 6 atom stereocenters. The number of nitrogens with one attached hydrogen (secondary N) is 1. The Morgan fingerprint density at radius 2 is 1.68 bits per heavy atom. The number of hydrogen-bond donors (Lipinski definition) is 4. The summed E-state index contributed by atoms with van der Waals surface area (Å²) in [6, 6.07) is 0. The first-order chi connectivity index (χ1) is 17.0. The van der Waals surface area contributed by atoms with Crippen LogP contribution >= 0.6 is 0 Å². The molecule has 5 nitrogen and oxygen atoms in total. The monoisotopic (exact) mass is 541 g/mol. The van der Waals surface area contributed by atoms with Crippen molar-refractivity contribution in [3.63, 3.8) is 0 Å². The largest absolute Gasteiger partial charge is 0.426 e. The summed E-state index contributed by atoms with van der Waals surface area (Å²) in [7, 11) is 0. The Hall–Kier alpha value is -1.59. The number of carbonyl (C=O) groups excluding carboxylic acids is 1. The van der Waals surface area contributed by atoms with Gasteiger partial charge < -0.3 is 20.6 Å². The highest BCUT2D eigenvalue weighted by atomic mass is 19.4. The van der Waals surface area contributed by atoms with Gasteiger partial charge in [-0.2, -0.15) is 26.3 Å². The standard InChI is InChI=1S/C26H37F6NO4/c1-15(14-33-22(36)13-24(37,25(27,28)29)26(30,31)32)20-7-8-21-17(4-3-9-23(20,21)2)6-5-16-10-18(34)12-19(35)11-16/h5-6,15,18-21,34-35,37H,3-4,7-14H2,1-2H3,(H,33,36)/t15-,18?,19?,20?,21?,23-/m1/s1. The summed E-state index contributed by atoms with van der Waals surface area (Å²) in [6.07, 6.45) is -5.32. The predicted octanol–water partition coefficient (Wildman–Crippen LogP) is 4.96. The van der Waals surface area contributed by atoms with Crippen LogP contribution in [0.25, 0.3) is 0 Å². The van der Waals surface area contributed by atoms with E-state index in [0.717, 1.165) is 37.7 Å². The van der Waals surface area contributed by atoms with Crippen LogP contribution in [0.2, 0.25) is 0 Å². The van der Waals surface area contributed by atoms with Gasteiger partial charge in [-0.05, 0) is 74.5 Å². The topological polar surface area (TPSA) is 89.8 Å². The van der Waals surface area contributed by atoms with E-state index in [4.69, 9.17) is 0 Å². The first-order valence-electron chi connectivity index (χ1n) is 12.8. The molecule has 0 saturated heterocycles. The molecule has 3 fully saturated rings. The van der Waals surface area contributed by atoms with E-state index < -0.39 is 42.5 Å². The number of halogens is 6. The zero-order chi connectivity index (χ0) is 27.8. The summed E-state index contributed by atoms with van der Waals surface area (Å²) in [5.41, 5.74) is -2.96. The fourth-order valence-corrected chi connectivity index (χ4v) is 6.82. The van der Waals surface area contributed by atoms with E-state index in [1.807, 2.05) is 13.0 Å². The molecule has 3 aliphatic carbocycles. The Balaban J connectivity index is 1.65. The summed E-state index contributed by atoms with van der Waals surface area (Å²) in [5, 5.41) is 31.3. The molecule has 3 rings (SSSR count). The van der Waals surface area contributed by atoms with Crippen LogP contribution in [0.5, 0.6) is 0 Å². The van der Waals surface area contributed by atoms with Gasteiger partial charge in [0, 0.05) is 6.54 Å². The molecule has 0 heterocycles. The summed E-state index contributed by atoms with van der Waals surface area (Å²) in [5.74, 6) is -1.32. The normalized spacial score (nSPS) is 33.3. The molecule has 1 amide bonds. The molecule has 11 heteroatoms. The van der Waals surface area contributed by atoms with Crippen molar-refractivity contribution in [3.05, 3.63) is 23.3 Å². The number of allylic oxidation sites excluding steroid dienone is 3. The quantitative estimate of drug-likeness (QED) is 0.358. The predicted molar refractivity (Wildman–Crippen MR) is 124 cm³/mol. The van der Waals surface area contributed by atoms with Crippen LogP contribution in [-0.2, 0) is 4.79 Å². The number of fused-ring (bicyclic) bond motifs is 1. The molecule has 212 valence electrons. The third-order valence-electron chi connectivity index (χ3n) is 8.77. The van der Waals surface area contributed by atoms with E-state index in [1.165, 1.54) is 5.57 Å². The molecule has 37 heavy (non-hydrogen) atoms. The maximum atomic E-state index is 12.9. The Morgan fingerprint density at radius 1 is 1.08 bits per heavy atom. The van der Waals surface area contributed by atoms with Crippen molar-refractivity contribution < 1.29 is 46.5 Å². The van der Waals surface area contributed by atoms with Gasteiger partial charge in [0.05, 0.1) is 18.6 Å². The minimum Gasteiger partial charge on any atom is -0.393 e.